The highest BCUT2D eigenvalue weighted by atomic mass is 16.1. The van der Waals surface area contributed by atoms with Crippen molar-refractivity contribution in [2.24, 2.45) is 12.8 Å². The van der Waals surface area contributed by atoms with Crippen LogP contribution in [0.5, 0.6) is 0 Å². The van der Waals surface area contributed by atoms with Gasteiger partial charge in [-0.15, -0.1) is 0 Å². The molecule has 0 radical (unpaired) electrons. The fourth-order valence-electron chi connectivity index (χ4n) is 3.26. The maximum absolute atomic E-state index is 11.7. The van der Waals surface area contributed by atoms with Gasteiger partial charge in [-0.2, -0.15) is 0 Å². The van der Waals surface area contributed by atoms with Crippen LogP contribution in [0.1, 0.15) is 24.8 Å². The van der Waals surface area contributed by atoms with E-state index in [4.69, 9.17) is 5.73 Å². The first kappa shape index (κ1) is 14.4. The second-order valence-electron chi connectivity index (χ2n) is 6.09. The number of aromatic nitrogens is 2. The van der Waals surface area contributed by atoms with Gasteiger partial charge in [0.2, 0.25) is 0 Å². The molecule has 3 rings (SSSR count). The van der Waals surface area contributed by atoms with Gasteiger partial charge in [0.05, 0.1) is 11.0 Å². The molecule has 0 unspecified atom stereocenters. The van der Waals surface area contributed by atoms with Crippen LogP contribution in [0.15, 0.2) is 23.0 Å². The SMILES string of the molecule is Cn1c(=O)[nH]c2cccc(CCCN3CCC(N)CC3)c21. The van der Waals surface area contributed by atoms with Crippen LogP contribution in [0.4, 0.5) is 0 Å². The number of nitrogens with one attached hydrogen (secondary N) is 1. The molecule has 1 fully saturated rings. The Balaban J connectivity index is 1.64. The standard InChI is InChI=1S/C16H24N4O/c1-19-15-12(4-2-6-14(15)18-16(19)21)5-3-9-20-10-7-13(17)8-11-20/h2,4,6,13H,3,5,7-11,17H2,1H3,(H,18,21). The third-order valence-corrected chi connectivity index (χ3v) is 4.55. The number of aromatic amines is 1. The van der Waals surface area contributed by atoms with Gasteiger partial charge in [0.15, 0.2) is 0 Å². The van der Waals surface area contributed by atoms with Crippen LogP contribution in [-0.2, 0) is 13.5 Å². The Morgan fingerprint density at radius 2 is 2.10 bits per heavy atom. The van der Waals surface area contributed by atoms with E-state index < -0.39 is 0 Å². The van der Waals surface area contributed by atoms with E-state index in [2.05, 4.69) is 16.0 Å². The lowest BCUT2D eigenvalue weighted by Gasteiger charge is -2.29. The second-order valence-corrected chi connectivity index (χ2v) is 6.09. The van der Waals surface area contributed by atoms with Crippen LogP contribution >= 0.6 is 0 Å². The zero-order valence-electron chi connectivity index (χ0n) is 12.6. The average molecular weight is 288 g/mol. The summed E-state index contributed by atoms with van der Waals surface area (Å²) in [6, 6.07) is 6.51. The van der Waals surface area contributed by atoms with Crippen molar-refractivity contribution in [3.05, 3.63) is 34.2 Å². The molecule has 0 atom stereocenters. The molecule has 21 heavy (non-hydrogen) atoms. The number of piperidine rings is 1. The van der Waals surface area contributed by atoms with Crippen LogP contribution in [0, 0.1) is 0 Å². The molecule has 2 aromatic rings. The number of benzene rings is 1. The number of H-pyrrole nitrogens is 1. The molecule has 2 heterocycles. The van der Waals surface area contributed by atoms with E-state index in [-0.39, 0.29) is 5.69 Å². The molecule has 0 saturated carbocycles. The first-order chi connectivity index (χ1) is 10.1. The number of aryl methyl sites for hydroxylation is 2. The number of nitrogens with two attached hydrogens (primary N) is 1. The van der Waals surface area contributed by atoms with Crippen LogP contribution in [0.2, 0.25) is 0 Å². The van der Waals surface area contributed by atoms with E-state index in [0.29, 0.717) is 6.04 Å². The van der Waals surface area contributed by atoms with Crippen molar-refractivity contribution in [2.75, 3.05) is 19.6 Å². The Kier molecular flexibility index (Phi) is 4.12. The normalized spacial score (nSPS) is 17.6. The molecule has 0 amide bonds. The van der Waals surface area contributed by atoms with E-state index in [1.54, 1.807) is 4.57 Å². The summed E-state index contributed by atoms with van der Waals surface area (Å²) in [6.07, 6.45) is 4.35. The molecule has 1 aromatic carbocycles. The van der Waals surface area contributed by atoms with E-state index >= 15 is 0 Å². The van der Waals surface area contributed by atoms with Crippen molar-refractivity contribution in [2.45, 2.75) is 31.7 Å². The Bertz CT molecular complexity index is 664. The van der Waals surface area contributed by atoms with Gasteiger partial charge in [0.1, 0.15) is 0 Å². The molecule has 0 aliphatic carbocycles. The number of rotatable bonds is 4. The van der Waals surface area contributed by atoms with Gasteiger partial charge in [0, 0.05) is 13.1 Å². The first-order valence-corrected chi connectivity index (χ1v) is 7.79. The van der Waals surface area contributed by atoms with E-state index in [0.717, 1.165) is 56.4 Å². The van der Waals surface area contributed by atoms with E-state index in [1.165, 1.54) is 5.56 Å². The molecule has 0 bridgehead atoms. The topological polar surface area (TPSA) is 67.0 Å². The van der Waals surface area contributed by atoms with Gasteiger partial charge in [0.25, 0.3) is 0 Å². The predicted octanol–water partition coefficient (Wildman–Crippen LogP) is 1.22. The van der Waals surface area contributed by atoms with Crippen molar-refractivity contribution in [3.8, 4) is 0 Å². The number of likely N-dealkylation sites (tertiary alicyclic amines) is 1. The van der Waals surface area contributed by atoms with Gasteiger partial charge in [-0.25, -0.2) is 4.79 Å². The summed E-state index contributed by atoms with van der Waals surface area (Å²) in [5.74, 6) is 0. The summed E-state index contributed by atoms with van der Waals surface area (Å²) in [7, 11) is 1.83. The number of imidazole rings is 1. The lowest BCUT2D eigenvalue weighted by Crippen LogP contribution is -2.40. The number of fused-ring (bicyclic) bond motifs is 1. The molecule has 1 aliphatic rings. The highest BCUT2D eigenvalue weighted by molar-refractivity contribution is 5.78. The zero-order chi connectivity index (χ0) is 14.8. The monoisotopic (exact) mass is 288 g/mol. The summed E-state index contributed by atoms with van der Waals surface area (Å²) < 4.78 is 1.71. The van der Waals surface area contributed by atoms with Gasteiger partial charge in [-0.1, -0.05) is 12.1 Å². The van der Waals surface area contributed by atoms with Crippen LogP contribution < -0.4 is 11.4 Å². The molecule has 5 nitrogen and oxygen atoms in total. The number of para-hydroxylation sites is 1. The Morgan fingerprint density at radius 3 is 2.86 bits per heavy atom. The highest BCUT2D eigenvalue weighted by Crippen LogP contribution is 2.17. The molecule has 1 aromatic heterocycles. The Morgan fingerprint density at radius 1 is 1.33 bits per heavy atom. The summed E-state index contributed by atoms with van der Waals surface area (Å²) >= 11 is 0. The van der Waals surface area contributed by atoms with Crippen molar-refractivity contribution in [1.29, 1.82) is 0 Å². The minimum atomic E-state index is -0.0394. The van der Waals surface area contributed by atoms with Crippen molar-refractivity contribution in [1.82, 2.24) is 14.5 Å². The molecule has 1 saturated heterocycles. The average Bonchev–Trinajstić information content (AvgIpc) is 2.77. The second kappa shape index (κ2) is 6.03. The third-order valence-electron chi connectivity index (χ3n) is 4.55. The van der Waals surface area contributed by atoms with Crippen LogP contribution in [0.3, 0.4) is 0 Å². The first-order valence-electron chi connectivity index (χ1n) is 7.79. The van der Waals surface area contributed by atoms with Gasteiger partial charge >= 0.3 is 5.69 Å². The Labute approximate surface area is 124 Å². The maximum Gasteiger partial charge on any atom is 0.326 e. The predicted molar refractivity (Wildman–Crippen MR) is 85.5 cm³/mol. The van der Waals surface area contributed by atoms with Crippen molar-refractivity contribution in [3.63, 3.8) is 0 Å². The van der Waals surface area contributed by atoms with Crippen molar-refractivity contribution < 1.29 is 0 Å². The molecule has 3 N–H and O–H groups in total. The quantitative estimate of drug-likeness (QED) is 0.889. The highest BCUT2D eigenvalue weighted by Gasteiger charge is 2.15. The molecule has 0 spiro atoms. The van der Waals surface area contributed by atoms with Gasteiger partial charge in [-0.05, 0) is 56.9 Å². The van der Waals surface area contributed by atoms with E-state index in [9.17, 15) is 4.79 Å². The molecular formula is C16H24N4O. The number of hydrogen-bond acceptors (Lipinski definition) is 3. The molecule has 114 valence electrons. The molecule has 5 heteroatoms. The van der Waals surface area contributed by atoms with Crippen molar-refractivity contribution >= 4 is 11.0 Å². The van der Waals surface area contributed by atoms with Gasteiger partial charge in [-0.3, -0.25) is 4.57 Å². The van der Waals surface area contributed by atoms with Crippen LogP contribution in [-0.4, -0.2) is 40.1 Å². The minimum absolute atomic E-state index is 0.0394. The zero-order valence-corrected chi connectivity index (χ0v) is 12.6. The van der Waals surface area contributed by atoms with Gasteiger partial charge < -0.3 is 15.6 Å². The minimum Gasteiger partial charge on any atom is -0.328 e. The molecule has 1 aliphatic heterocycles. The summed E-state index contributed by atoms with van der Waals surface area (Å²) in [6.45, 7) is 3.35. The fourth-order valence-corrected chi connectivity index (χ4v) is 3.26. The number of hydrogen-bond donors (Lipinski definition) is 2. The lowest BCUT2D eigenvalue weighted by atomic mass is 10.0. The maximum atomic E-state index is 11.7. The smallest absolute Gasteiger partial charge is 0.326 e. The fraction of sp³-hybridized carbons (Fsp3) is 0.562. The summed E-state index contributed by atoms with van der Waals surface area (Å²) in [5.41, 5.74) is 9.13. The Hall–Kier alpha value is -1.59. The van der Waals surface area contributed by atoms with E-state index in [1.807, 2.05) is 19.2 Å². The lowest BCUT2D eigenvalue weighted by molar-refractivity contribution is 0.211. The largest absolute Gasteiger partial charge is 0.328 e. The number of nitrogens with zero attached hydrogens (tertiary/aromatic N) is 2. The summed E-state index contributed by atoms with van der Waals surface area (Å²) in [5, 5.41) is 0. The van der Waals surface area contributed by atoms with Crippen LogP contribution in [0.25, 0.3) is 11.0 Å². The third kappa shape index (κ3) is 3.04. The molecular weight excluding hydrogens is 264 g/mol. The summed E-state index contributed by atoms with van der Waals surface area (Å²) in [4.78, 5) is 17.1.